The molecule has 1 fully saturated rings. The molecule has 2 aliphatic heterocycles. The first-order chi connectivity index (χ1) is 9.36. The van der Waals surface area contributed by atoms with Crippen molar-refractivity contribution in [1.29, 1.82) is 0 Å². The maximum atomic E-state index is 12.6. The van der Waals surface area contributed by atoms with E-state index in [1.807, 2.05) is 24.4 Å². The molecule has 2 aliphatic rings. The van der Waals surface area contributed by atoms with Crippen LogP contribution in [0.2, 0.25) is 0 Å². The van der Waals surface area contributed by atoms with E-state index in [2.05, 4.69) is 22.6 Å². The number of hydrazone groups is 1. The zero-order valence-corrected chi connectivity index (χ0v) is 11.0. The fraction of sp³-hybridized carbons (Fsp3) is 0.467. The lowest BCUT2D eigenvalue weighted by molar-refractivity contribution is -0.664. The second-order valence-electron chi connectivity index (χ2n) is 5.28. The highest BCUT2D eigenvalue weighted by molar-refractivity contribution is 5.82. The maximum absolute atomic E-state index is 12.6. The van der Waals surface area contributed by atoms with Crippen LogP contribution >= 0.6 is 0 Å². The summed E-state index contributed by atoms with van der Waals surface area (Å²) in [6.45, 7) is 2.12. The van der Waals surface area contributed by atoms with Crippen LogP contribution in [0.5, 0.6) is 0 Å². The molecular weight excluding hydrogens is 238 g/mol. The van der Waals surface area contributed by atoms with Crippen molar-refractivity contribution < 1.29 is 10.1 Å². The number of benzene rings is 1. The van der Waals surface area contributed by atoms with E-state index in [0.29, 0.717) is 0 Å². The molecule has 2 N–H and O–H groups in total. The Balaban J connectivity index is 1.75. The Kier molecular flexibility index (Phi) is 3.60. The lowest BCUT2D eigenvalue weighted by Crippen LogP contribution is -2.86. The quantitative estimate of drug-likeness (QED) is 0.842. The number of carbonyl (C=O) groups excluding carboxylic acids is 1. The van der Waals surface area contributed by atoms with Gasteiger partial charge in [-0.1, -0.05) is 30.3 Å². The number of quaternary nitrogens is 1. The van der Waals surface area contributed by atoms with Gasteiger partial charge in [-0.05, 0) is 5.56 Å². The van der Waals surface area contributed by atoms with Crippen molar-refractivity contribution in [3.05, 3.63) is 35.9 Å². The van der Waals surface area contributed by atoms with Gasteiger partial charge in [0.2, 0.25) is 5.91 Å². The van der Waals surface area contributed by atoms with Gasteiger partial charge in [0.15, 0.2) is 0 Å². The molecular formula is C15H20N3O+. The van der Waals surface area contributed by atoms with Gasteiger partial charge in [-0.3, -0.25) is 4.79 Å². The van der Waals surface area contributed by atoms with Gasteiger partial charge in [0.25, 0.3) is 0 Å². The first-order valence-electron chi connectivity index (χ1n) is 7.08. The van der Waals surface area contributed by atoms with Crippen LogP contribution in [0.25, 0.3) is 0 Å². The van der Waals surface area contributed by atoms with Crippen molar-refractivity contribution in [3.8, 4) is 0 Å². The van der Waals surface area contributed by atoms with Gasteiger partial charge in [0, 0.05) is 25.5 Å². The van der Waals surface area contributed by atoms with Crippen LogP contribution in [0.15, 0.2) is 35.4 Å². The number of nitrogens with zero attached hydrogens (tertiary/aromatic N) is 2. The maximum Gasteiger partial charge on any atom is 0.246 e. The van der Waals surface area contributed by atoms with Crippen molar-refractivity contribution in [3.63, 3.8) is 0 Å². The Hall–Kier alpha value is -1.68. The molecule has 1 amide bonds. The number of hydrogen-bond donors (Lipinski definition) is 1. The van der Waals surface area contributed by atoms with Crippen molar-refractivity contribution in [1.82, 2.24) is 5.01 Å². The van der Waals surface area contributed by atoms with E-state index < -0.39 is 0 Å². The third-order valence-electron chi connectivity index (χ3n) is 4.03. The summed E-state index contributed by atoms with van der Waals surface area (Å²) in [7, 11) is 0. The van der Waals surface area contributed by atoms with E-state index in [-0.39, 0.29) is 17.9 Å². The number of rotatable bonds is 2. The normalized spacial score (nSPS) is 23.8. The molecule has 1 atom stereocenters. The molecule has 0 radical (unpaired) electrons. The molecule has 0 aromatic heterocycles. The molecule has 0 spiro atoms. The summed E-state index contributed by atoms with van der Waals surface area (Å²) in [6, 6.07) is 10.3. The van der Waals surface area contributed by atoms with Gasteiger partial charge >= 0.3 is 0 Å². The molecule has 3 rings (SSSR count). The summed E-state index contributed by atoms with van der Waals surface area (Å²) >= 11 is 0. The van der Waals surface area contributed by atoms with Crippen LogP contribution in [0.3, 0.4) is 0 Å². The minimum absolute atomic E-state index is 0.0969. The smallest absolute Gasteiger partial charge is 0.246 e. The number of hydrogen-bond acceptors (Lipinski definition) is 2. The third-order valence-corrected chi connectivity index (χ3v) is 4.03. The highest BCUT2D eigenvalue weighted by atomic mass is 16.2. The minimum Gasteiger partial charge on any atom is -0.346 e. The first-order valence-corrected chi connectivity index (χ1v) is 7.08. The van der Waals surface area contributed by atoms with Gasteiger partial charge in [-0.25, -0.2) is 5.01 Å². The van der Waals surface area contributed by atoms with Gasteiger partial charge in [0.1, 0.15) is 0 Å². The SMILES string of the molecule is O=C(C1CC[NH2+]CC1)N1N=CCC1c1ccccc1. The molecule has 19 heavy (non-hydrogen) atoms. The summed E-state index contributed by atoms with van der Waals surface area (Å²) in [4.78, 5) is 12.6. The Morgan fingerprint density at radius 2 is 1.95 bits per heavy atom. The summed E-state index contributed by atoms with van der Waals surface area (Å²) < 4.78 is 0. The van der Waals surface area contributed by atoms with E-state index in [1.54, 1.807) is 5.01 Å². The highest BCUT2D eigenvalue weighted by Gasteiger charge is 2.34. The topological polar surface area (TPSA) is 49.3 Å². The zero-order valence-electron chi connectivity index (χ0n) is 11.0. The lowest BCUT2D eigenvalue weighted by atomic mass is 9.95. The van der Waals surface area contributed by atoms with Crippen LogP contribution < -0.4 is 5.32 Å². The van der Waals surface area contributed by atoms with Crippen molar-refractivity contribution >= 4 is 12.1 Å². The molecule has 1 aromatic rings. The molecule has 1 aromatic carbocycles. The van der Waals surface area contributed by atoms with E-state index in [9.17, 15) is 4.79 Å². The van der Waals surface area contributed by atoms with E-state index in [1.165, 1.54) is 5.56 Å². The highest BCUT2D eigenvalue weighted by Crippen LogP contribution is 2.30. The average molecular weight is 258 g/mol. The van der Waals surface area contributed by atoms with Gasteiger partial charge in [-0.2, -0.15) is 5.10 Å². The summed E-state index contributed by atoms with van der Waals surface area (Å²) in [6.07, 6.45) is 4.65. The standard InChI is InChI=1S/C15H19N3O/c19-15(13-6-9-16-10-7-13)18-14(8-11-17-18)12-4-2-1-3-5-12/h1-5,11,13-14,16H,6-10H2/p+1. The largest absolute Gasteiger partial charge is 0.346 e. The Bertz CT molecular complexity index is 466. The van der Waals surface area contributed by atoms with Gasteiger partial charge < -0.3 is 5.32 Å². The molecule has 0 saturated carbocycles. The molecule has 4 nitrogen and oxygen atoms in total. The van der Waals surface area contributed by atoms with E-state index >= 15 is 0 Å². The Morgan fingerprint density at radius 1 is 1.21 bits per heavy atom. The average Bonchev–Trinajstić information content (AvgIpc) is 2.98. The summed E-state index contributed by atoms with van der Waals surface area (Å²) in [5.74, 6) is 0.363. The van der Waals surface area contributed by atoms with E-state index in [4.69, 9.17) is 0 Å². The van der Waals surface area contributed by atoms with Crippen LogP contribution in [-0.4, -0.2) is 30.2 Å². The number of carbonyl (C=O) groups is 1. The molecule has 1 saturated heterocycles. The predicted molar refractivity (Wildman–Crippen MR) is 73.5 cm³/mol. The third kappa shape index (κ3) is 2.54. The number of amides is 1. The molecule has 4 heteroatoms. The second-order valence-corrected chi connectivity index (χ2v) is 5.28. The van der Waals surface area contributed by atoms with E-state index in [0.717, 1.165) is 32.4 Å². The fourth-order valence-corrected chi connectivity index (χ4v) is 2.94. The lowest BCUT2D eigenvalue weighted by Gasteiger charge is -2.27. The zero-order chi connectivity index (χ0) is 13.1. The fourth-order valence-electron chi connectivity index (χ4n) is 2.94. The molecule has 0 aliphatic carbocycles. The molecule has 100 valence electrons. The summed E-state index contributed by atoms with van der Waals surface area (Å²) in [5, 5.41) is 8.31. The van der Waals surface area contributed by atoms with Crippen LogP contribution in [0.1, 0.15) is 30.9 Å². The molecule has 0 bridgehead atoms. The Labute approximate surface area is 113 Å². The first kappa shape index (κ1) is 12.4. The van der Waals surface area contributed by atoms with Gasteiger partial charge in [-0.15, -0.1) is 0 Å². The van der Waals surface area contributed by atoms with Crippen LogP contribution in [-0.2, 0) is 4.79 Å². The number of piperidine rings is 1. The van der Waals surface area contributed by atoms with Crippen molar-refractivity contribution in [2.75, 3.05) is 13.1 Å². The van der Waals surface area contributed by atoms with Gasteiger partial charge in [0.05, 0.1) is 25.0 Å². The molecule has 2 heterocycles. The predicted octanol–water partition coefficient (Wildman–Crippen LogP) is 0.919. The monoisotopic (exact) mass is 258 g/mol. The van der Waals surface area contributed by atoms with Crippen molar-refractivity contribution in [2.45, 2.75) is 25.3 Å². The molecule has 1 unspecified atom stereocenters. The van der Waals surface area contributed by atoms with Crippen molar-refractivity contribution in [2.24, 2.45) is 11.0 Å². The van der Waals surface area contributed by atoms with Crippen LogP contribution in [0, 0.1) is 5.92 Å². The summed E-state index contributed by atoms with van der Waals surface area (Å²) in [5.41, 5.74) is 1.18. The van der Waals surface area contributed by atoms with Crippen LogP contribution in [0.4, 0.5) is 0 Å². The minimum atomic E-state index is 0.0969. The number of nitrogens with two attached hydrogens (primary N) is 1. The Morgan fingerprint density at radius 3 is 2.68 bits per heavy atom. The second kappa shape index (κ2) is 5.53.